The van der Waals surface area contributed by atoms with E-state index >= 15 is 0 Å². The van der Waals surface area contributed by atoms with Gasteiger partial charge in [-0.25, -0.2) is 15.0 Å². The maximum atomic E-state index is 5.72. The van der Waals surface area contributed by atoms with E-state index in [2.05, 4.69) is 15.0 Å². The van der Waals surface area contributed by atoms with Gasteiger partial charge < -0.3 is 5.73 Å². The number of hydrogen-bond donors (Lipinski definition) is 1. The van der Waals surface area contributed by atoms with Crippen molar-refractivity contribution >= 4 is 16.9 Å². The average molecular weight is 174 g/mol. The zero-order valence-corrected chi connectivity index (χ0v) is 7.57. The molecule has 66 valence electrons. The minimum absolute atomic E-state index is 0.495. The van der Waals surface area contributed by atoms with Crippen molar-refractivity contribution in [1.29, 1.82) is 0 Å². The fourth-order valence-electron chi connectivity index (χ4n) is 1.44. The van der Waals surface area contributed by atoms with Crippen molar-refractivity contribution in [3.63, 3.8) is 0 Å². The average Bonchev–Trinajstić information content (AvgIpc) is 2.02. The van der Waals surface area contributed by atoms with Crippen LogP contribution in [0.3, 0.4) is 0 Å². The zero-order valence-electron chi connectivity index (χ0n) is 7.57. The van der Waals surface area contributed by atoms with Gasteiger partial charge in [-0.2, -0.15) is 0 Å². The Kier molecular flexibility index (Phi) is 1.62. The molecule has 4 heteroatoms. The zero-order chi connectivity index (χ0) is 9.42. The van der Waals surface area contributed by atoms with Crippen molar-refractivity contribution in [1.82, 2.24) is 15.0 Å². The van der Waals surface area contributed by atoms with Crippen LogP contribution >= 0.6 is 0 Å². The van der Waals surface area contributed by atoms with Crippen LogP contribution in [0, 0.1) is 13.8 Å². The van der Waals surface area contributed by atoms with Gasteiger partial charge in [0, 0.05) is 5.69 Å². The highest BCUT2D eigenvalue weighted by Crippen LogP contribution is 2.19. The molecule has 0 aliphatic carbocycles. The number of rotatable bonds is 0. The van der Waals surface area contributed by atoms with Crippen molar-refractivity contribution < 1.29 is 0 Å². The molecule has 2 aromatic heterocycles. The molecule has 0 spiro atoms. The summed E-state index contributed by atoms with van der Waals surface area (Å²) < 4.78 is 0. The number of nitrogens with two attached hydrogens (primary N) is 1. The van der Waals surface area contributed by atoms with Gasteiger partial charge in [0.05, 0.1) is 5.39 Å². The molecule has 0 atom stereocenters. The highest BCUT2D eigenvalue weighted by molar-refractivity contribution is 5.88. The van der Waals surface area contributed by atoms with Crippen molar-refractivity contribution in [2.75, 3.05) is 5.73 Å². The third-order valence-electron chi connectivity index (χ3n) is 1.96. The van der Waals surface area contributed by atoms with Crippen LogP contribution in [0.1, 0.15) is 11.3 Å². The monoisotopic (exact) mass is 174 g/mol. The molecule has 0 saturated heterocycles. The number of aromatic nitrogens is 3. The molecule has 0 saturated carbocycles. The topological polar surface area (TPSA) is 64.7 Å². The second kappa shape index (κ2) is 2.65. The summed E-state index contributed by atoms with van der Waals surface area (Å²) >= 11 is 0. The highest BCUT2D eigenvalue weighted by Gasteiger charge is 2.04. The standard InChI is InChI=1S/C9H10N4/c1-5-3-6(2)13-9-7(5)8(10)11-4-12-9/h3-4H,1-2H3,(H2,10,11,12,13). The quantitative estimate of drug-likeness (QED) is 0.652. The first-order valence-corrected chi connectivity index (χ1v) is 4.03. The molecule has 2 rings (SSSR count). The lowest BCUT2D eigenvalue weighted by Gasteiger charge is -2.03. The summed E-state index contributed by atoms with van der Waals surface area (Å²) in [5.41, 5.74) is 8.40. The molecule has 13 heavy (non-hydrogen) atoms. The Balaban J connectivity index is 2.94. The summed E-state index contributed by atoms with van der Waals surface area (Å²) in [6, 6.07) is 1.97. The molecule has 2 N–H and O–H groups in total. The molecular formula is C9H10N4. The molecule has 0 aliphatic rings. The number of hydrogen-bond acceptors (Lipinski definition) is 4. The first-order chi connectivity index (χ1) is 6.18. The molecule has 0 bridgehead atoms. The van der Waals surface area contributed by atoms with Gasteiger partial charge in [-0.15, -0.1) is 0 Å². The van der Waals surface area contributed by atoms with Gasteiger partial charge in [-0.05, 0) is 25.5 Å². The normalized spacial score (nSPS) is 10.6. The van der Waals surface area contributed by atoms with E-state index in [-0.39, 0.29) is 0 Å². The van der Waals surface area contributed by atoms with E-state index in [9.17, 15) is 0 Å². The van der Waals surface area contributed by atoms with Gasteiger partial charge in [0.15, 0.2) is 5.65 Å². The van der Waals surface area contributed by atoms with Crippen LogP contribution in [0.5, 0.6) is 0 Å². The summed E-state index contributed by atoms with van der Waals surface area (Å²) in [5.74, 6) is 0.495. The Hall–Kier alpha value is -1.71. The van der Waals surface area contributed by atoms with Crippen LogP contribution in [0.25, 0.3) is 11.0 Å². The van der Waals surface area contributed by atoms with E-state index in [1.807, 2.05) is 19.9 Å². The van der Waals surface area contributed by atoms with Crippen molar-refractivity contribution in [3.05, 3.63) is 23.7 Å². The second-order valence-electron chi connectivity index (χ2n) is 3.04. The minimum Gasteiger partial charge on any atom is -0.383 e. The number of aryl methyl sites for hydroxylation is 2. The number of nitrogen functional groups attached to an aromatic ring is 1. The summed E-state index contributed by atoms with van der Waals surface area (Å²) in [7, 11) is 0. The summed E-state index contributed by atoms with van der Waals surface area (Å²) in [6.45, 7) is 3.92. The van der Waals surface area contributed by atoms with Crippen LogP contribution in [0.4, 0.5) is 5.82 Å². The molecule has 0 amide bonds. The van der Waals surface area contributed by atoms with Crippen LogP contribution in [-0.2, 0) is 0 Å². The molecule has 2 aromatic rings. The number of fused-ring (bicyclic) bond motifs is 1. The van der Waals surface area contributed by atoms with Crippen molar-refractivity contribution in [3.8, 4) is 0 Å². The molecule has 0 unspecified atom stereocenters. The predicted molar refractivity (Wildman–Crippen MR) is 51.2 cm³/mol. The third-order valence-corrected chi connectivity index (χ3v) is 1.96. The Morgan fingerprint density at radius 3 is 2.77 bits per heavy atom. The Labute approximate surface area is 75.8 Å². The molecule has 0 radical (unpaired) electrons. The van der Waals surface area contributed by atoms with Crippen LogP contribution < -0.4 is 5.73 Å². The second-order valence-corrected chi connectivity index (χ2v) is 3.04. The van der Waals surface area contributed by atoms with Crippen molar-refractivity contribution in [2.45, 2.75) is 13.8 Å². The smallest absolute Gasteiger partial charge is 0.165 e. The highest BCUT2D eigenvalue weighted by atomic mass is 15.0. The fraction of sp³-hybridized carbons (Fsp3) is 0.222. The lowest BCUT2D eigenvalue weighted by Crippen LogP contribution is -1.97. The van der Waals surface area contributed by atoms with Gasteiger partial charge in [-0.3, -0.25) is 0 Å². The van der Waals surface area contributed by atoms with E-state index < -0.39 is 0 Å². The first-order valence-electron chi connectivity index (χ1n) is 4.03. The number of nitrogens with zero attached hydrogens (tertiary/aromatic N) is 3. The van der Waals surface area contributed by atoms with Crippen LogP contribution in [0.2, 0.25) is 0 Å². The van der Waals surface area contributed by atoms with Gasteiger partial charge in [0.25, 0.3) is 0 Å². The third kappa shape index (κ3) is 1.20. The lowest BCUT2D eigenvalue weighted by atomic mass is 10.1. The number of anilines is 1. The fourth-order valence-corrected chi connectivity index (χ4v) is 1.44. The predicted octanol–water partition coefficient (Wildman–Crippen LogP) is 1.22. The molecule has 0 aromatic carbocycles. The van der Waals surface area contributed by atoms with Crippen LogP contribution in [0.15, 0.2) is 12.4 Å². The summed E-state index contributed by atoms with van der Waals surface area (Å²) in [4.78, 5) is 12.3. The SMILES string of the molecule is Cc1cc(C)c2c(N)ncnc2n1. The lowest BCUT2D eigenvalue weighted by molar-refractivity contribution is 1.14. The Morgan fingerprint density at radius 2 is 2.00 bits per heavy atom. The van der Waals surface area contributed by atoms with Gasteiger partial charge in [-0.1, -0.05) is 0 Å². The van der Waals surface area contributed by atoms with E-state index in [1.54, 1.807) is 0 Å². The largest absolute Gasteiger partial charge is 0.383 e. The summed E-state index contributed by atoms with van der Waals surface area (Å²) in [6.07, 6.45) is 1.43. The van der Waals surface area contributed by atoms with E-state index in [0.717, 1.165) is 16.6 Å². The molecule has 4 nitrogen and oxygen atoms in total. The number of pyridine rings is 1. The Bertz CT molecular complexity index is 464. The first kappa shape index (κ1) is 7.91. The Morgan fingerprint density at radius 1 is 1.23 bits per heavy atom. The maximum absolute atomic E-state index is 5.72. The van der Waals surface area contributed by atoms with E-state index in [4.69, 9.17) is 5.73 Å². The van der Waals surface area contributed by atoms with Gasteiger partial charge in [0.1, 0.15) is 12.1 Å². The van der Waals surface area contributed by atoms with Crippen LogP contribution in [-0.4, -0.2) is 15.0 Å². The molecule has 0 aliphatic heterocycles. The molecule has 2 heterocycles. The van der Waals surface area contributed by atoms with E-state index in [0.29, 0.717) is 11.5 Å². The van der Waals surface area contributed by atoms with Gasteiger partial charge >= 0.3 is 0 Å². The maximum Gasteiger partial charge on any atom is 0.165 e. The summed E-state index contributed by atoms with van der Waals surface area (Å²) in [5, 5.41) is 0.855. The molecular weight excluding hydrogens is 164 g/mol. The van der Waals surface area contributed by atoms with Crippen molar-refractivity contribution in [2.24, 2.45) is 0 Å². The van der Waals surface area contributed by atoms with E-state index in [1.165, 1.54) is 6.33 Å². The molecule has 0 fully saturated rings. The van der Waals surface area contributed by atoms with Gasteiger partial charge in [0.2, 0.25) is 0 Å². The minimum atomic E-state index is 0.495.